The van der Waals surface area contributed by atoms with Crippen molar-refractivity contribution in [2.24, 2.45) is 5.92 Å². The molecule has 0 saturated carbocycles. The van der Waals surface area contributed by atoms with Gasteiger partial charge in [-0.05, 0) is 42.3 Å². The number of amides is 3. The molecule has 0 bridgehead atoms. The highest BCUT2D eigenvalue weighted by atomic mass is 16.5. The molecule has 1 aromatic heterocycles. The quantitative estimate of drug-likeness (QED) is 0.770. The van der Waals surface area contributed by atoms with Crippen molar-refractivity contribution in [3.05, 3.63) is 54.4 Å². The number of hydrogen-bond acceptors (Lipinski definition) is 4. The average Bonchev–Trinajstić information content (AvgIpc) is 3.22. The number of ether oxygens (including phenoxy) is 1. The van der Waals surface area contributed by atoms with Gasteiger partial charge in [0.25, 0.3) is 0 Å². The second-order valence-electron chi connectivity index (χ2n) is 8.46. The van der Waals surface area contributed by atoms with E-state index in [1.807, 2.05) is 55.3 Å². The first-order chi connectivity index (χ1) is 15.0. The number of likely N-dealkylation sites (tertiary alicyclic amines) is 2. The fourth-order valence-corrected chi connectivity index (χ4v) is 4.00. The van der Waals surface area contributed by atoms with E-state index in [2.05, 4.69) is 16.4 Å². The van der Waals surface area contributed by atoms with Crippen LogP contribution in [-0.2, 0) is 4.79 Å². The number of benzene rings is 1. The van der Waals surface area contributed by atoms with E-state index in [4.69, 9.17) is 4.74 Å². The molecule has 2 atom stereocenters. The summed E-state index contributed by atoms with van der Waals surface area (Å²) in [6, 6.07) is 11.3. The van der Waals surface area contributed by atoms with Gasteiger partial charge in [-0.1, -0.05) is 19.9 Å². The molecule has 2 saturated heterocycles. The summed E-state index contributed by atoms with van der Waals surface area (Å²) in [5.41, 5.74) is 1.91. The topological polar surface area (TPSA) is 74.8 Å². The predicted octanol–water partition coefficient (Wildman–Crippen LogP) is 3.74. The Labute approximate surface area is 183 Å². The normalized spacial score (nSPS) is 19.6. The zero-order chi connectivity index (χ0) is 21.8. The fourth-order valence-electron chi connectivity index (χ4n) is 4.00. The van der Waals surface area contributed by atoms with Gasteiger partial charge in [0.2, 0.25) is 5.91 Å². The molecule has 2 fully saturated rings. The highest BCUT2D eigenvalue weighted by molar-refractivity contribution is 5.90. The van der Waals surface area contributed by atoms with Crippen LogP contribution >= 0.6 is 0 Å². The Morgan fingerprint density at radius 3 is 2.61 bits per heavy atom. The van der Waals surface area contributed by atoms with E-state index in [9.17, 15) is 9.59 Å². The van der Waals surface area contributed by atoms with Crippen molar-refractivity contribution in [2.45, 2.75) is 38.7 Å². The Balaban J connectivity index is 1.23. The van der Waals surface area contributed by atoms with Crippen LogP contribution in [0.25, 0.3) is 0 Å². The Hall–Kier alpha value is -3.09. The number of aromatic nitrogens is 1. The van der Waals surface area contributed by atoms with E-state index >= 15 is 0 Å². The monoisotopic (exact) mass is 422 g/mol. The fraction of sp³-hybridized carbons (Fsp3) is 0.458. The Morgan fingerprint density at radius 1 is 1.16 bits per heavy atom. The summed E-state index contributed by atoms with van der Waals surface area (Å²) in [4.78, 5) is 32.6. The minimum atomic E-state index is -0.0937. The number of pyridine rings is 1. The van der Waals surface area contributed by atoms with E-state index < -0.39 is 0 Å². The first-order valence-electron chi connectivity index (χ1n) is 11.0. The Bertz CT molecular complexity index is 897. The maximum atomic E-state index is 12.4. The molecule has 1 aromatic carbocycles. The molecule has 0 aliphatic carbocycles. The minimum absolute atomic E-state index is 0.0129. The van der Waals surface area contributed by atoms with Gasteiger partial charge in [-0.2, -0.15) is 0 Å². The van der Waals surface area contributed by atoms with Crippen molar-refractivity contribution >= 4 is 17.6 Å². The molecule has 3 amide bonds. The van der Waals surface area contributed by atoms with Crippen molar-refractivity contribution in [2.75, 3.05) is 31.5 Å². The molecule has 0 spiro atoms. The van der Waals surface area contributed by atoms with Gasteiger partial charge in [0, 0.05) is 56.0 Å². The maximum absolute atomic E-state index is 12.4. The van der Waals surface area contributed by atoms with Crippen LogP contribution in [0.3, 0.4) is 0 Å². The summed E-state index contributed by atoms with van der Waals surface area (Å²) in [7, 11) is 0. The number of rotatable bonds is 6. The molecular weight excluding hydrogens is 392 g/mol. The molecule has 4 rings (SSSR count). The van der Waals surface area contributed by atoms with Crippen LogP contribution in [0.2, 0.25) is 0 Å². The minimum Gasteiger partial charge on any atom is -0.489 e. The van der Waals surface area contributed by atoms with Gasteiger partial charge in [-0.15, -0.1) is 0 Å². The molecule has 2 aliphatic heterocycles. The average molecular weight is 423 g/mol. The lowest BCUT2D eigenvalue weighted by Crippen LogP contribution is -2.50. The third-order valence-electron chi connectivity index (χ3n) is 6.22. The number of carbonyl (C=O) groups excluding carboxylic acids is 2. The second kappa shape index (κ2) is 9.37. The summed E-state index contributed by atoms with van der Waals surface area (Å²) in [6.07, 6.45) is 5.33. The standard InChI is InChI=1S/C24H30N4O3/c1-3-17(2)23(29)27-12-10-22(16-27)31-21-8-6-20(7-9-21)26-24(30)28-14-19(15-28)18-5-4-11-25-13-18/h4-9,11,13,17,19,22H,3,10,12,14-16H2,1-2H3,(H,26,30)/t17-,22+/m0/s1. The van der Waals surface area contributed by atoms with Gasteiger partial charge in [0.1, 0.15) is 11.9 Å². The molecule has 1 N–H and O–H groups in total. The van der Waals surface area contributed by atoms with Crippen LogP contribution in [-0.4, -0.2) is 59.0 Å². The molecule has 2 aromatic rings. The molecule has 0 unspecified atom stereocenters. The van der Waals surface area contributed by atoms with E-state index in [1.165, 1.54) is 5.56 Å². The van der Waals surface area contributed by atoms with Crippen LogP contribution in [0.1, 0.15) is 38.2 Å². The predicted molar refractivity (Wildman–Crippen MR) is 119 cm³/mol. The van der Waals surface area contributed by atoms with Crippen molar-refractivity contribution < 1.29 is 14.3 Å². The first-order valence-corrected chi connectivity index (χ1v) is 11.0. The summed E-state index contributed by atoms with van der Waals surface area (Å²) in [6.45, 7) is 6.79. The number of anilines is 1. The van der Waals surface area contributed by atoms with E-state index in [0.717, 1.165) is 30.8 Å². The third kappa shape index (κ3) is 4.98. The molecule has 164 valence electrons. The molecule has 2 aliphatic rings. The lowest BCUT2D eigenvalue weighted by molar-refractivity contribution is -0.134. The molecule has 7 nitrogen and oxygen atoms in total. The lowest BCUT2D eigenvalue weighted by atomic mass is 9.93. The van der Waals surface area contributed by atoms with Crippen molar-refractivity contribution in [3.8, 4) is 5.75 Å². The van der Waals surface area contributed by atoms with Crippen molar-refractivity contribution in [1.82, 2.24) is 14.8 Å². The summed E-state index contributed by atoms with van der Waals surface area (Å²) < 4.78 is 6.05. The summed E-state index contributed by atoms with van der Waals surface area (Å²) in [5.74, 6) is 1.38. The Morgan fingerprint density at radius 2 is 1.94 bits per heavy atom. The van der Waals surface area contributed by atoms with Gasteiger partial charge in [-0.25, -0.2) is 4.79 Å². The second-order valence-corrected chi connectivity index (χ2v) is 8.46. The summed E-state index contributed by atoms with van der Waals surface area (Å²) in [5, 5.41) is 2.94. The summed E-state index contributed by atoms with van der Waals surface area (Å²) >= 11 is 0. The molecule has 31 heavy (non-hydrogen) atoms. The van der Waals surface area contributed by atoms with Gasteiger partial charge in [0.15, 0.2) is 0 Å². The van der Waals surface area contributed by atoms with Gasteiger partial charge < -0.3 is 19.9 Å². The van der Waals surface area contributed by atoms with Crippen molar-refractivity contribution in [1.29, 1.82) is 0 Å². The van der Waals surface area contributed by atoms with Crippen LogP contribution in [0.15, 0.2) is 48.8 Å². The zero-order valence-corrected chi connectivity index (χ0v) is 18.2. The van der Waals surface area contributed by atoms with Gasteiger partial charge in [0.05, 0.1) is 6.54 Å². The highest BCUT2D eigenvalue weighted by Gasteiger charge is 2.32. The number of carbonyl (C=O) groups is 2. The smallest absolute Gasteiger partial charge is 0.321 e. The van der Waals surface area contributed by atoms with E-state index in [1.54, 1.807) is 11.1 Å². The molecule has 0 radical (unpaired) electrons. The largest absolute Gasteiger partial charge is 0.489 e. The molecule has 3 heterocycles. The first kappa shape index (κ1) is 21.2. The van der Waals surface area contributed by atoms with Crippen LogP contribution in [0.4, 0.5) is 10.5 Å². The van der Waals surface area contributed by atoms with E-state index in [-0.39, 0.29) is 24.0 Å². The Kier molecular flexibility index (Phi) is 6.39. The van der Waals surface area contributed by atoms with Crippen LogP contribution in [0.5, 0.6) is 5.75 Å². The highest BCUT2D eigenvalue weighted by Crippen LogP contribution is 2.27. The number of nitrogens with one attached hydrogen (secondary N) is 1. The number of hydrogen-bond donors (Lipinski definition) is 1. The van der Waals surface area contributed by atoms with Gasteiger partial charge >= 0.3 is 6.03 Å². The van der Waals surface area contributed by atoms with Crippen LogP contribution < -0.4 is 10.1 Å². The zero-order valence-electron chi connectivity index (χ0n) is 18.2. The maximum Gasteiger partial charge on any atom is 0.321 e. The molecular formula is C24H30N4O3. The lowest BCUT2D eigenvalue weighted by Gasteiger charge is -2.39. The van der Waals surface area contributed by atoms with E-state index in [0.29, 0.717) is 25.6 Å². The number of nitrogens with zero attached hydrogens (tertiary/aromatic N) is 3. The third-order valence-corrected chi connectivity index (χ3v) is 6.22. The van der Waals surface area contributed by atoms with Crippen LogP contribution in [0, 0.1) is 5.92 Å². The van der Waals surface area contributed by atoms with Crippen molar-refractivity contribution in [3.63, 3.8) is 0 Å². The SMILES string of the molecule is CC[C@H](C)C(=O)N1CC[C@@H](Oc2ccc(NC(=O)N3CC(c4cccnc4)C3)cc2)C1. The molecule has 7 heteroatoms. The van der Waals surface area contributed by atoms with Gasteiger partial charge in [-0.3, -0.25) is 9.78 Å². The number of urea groups is 1.